The van der Waals surface area contributed by atoms with Gasteiger partial charge >= 0.3 is 0 Å². The minimum Gasteiger partial charge on any atom is -0.271 e. The molecule has 0 saturated heterocycles. The van der Waals surface area contributed by atoms with Gasteiger partial charge in [-0.1, -0.05) is 53.4 Å². The van der Waals surface area contributed by atoms with E-state index in [0.717, 1.165) is 38.5 Å². The molecule has 36 heavy (non-hydrogen) atoms. The van der Waals surface area contributed by atoms with Crippen LogP contribution in [-0.4, -0.2) is 45.5 Å². The maximum absolute atomic E-state index is 13.8. The highest BCUT2D eigenvalue weighted by molar-refractivity contribution is 6.33. The van der Waals surface area contributed by atoms with Crippen LogP contribution in [0.15, 0.2) is 24.3 Å². The molecule has 2 aromatic rings. The monoisotopic (exact) mass is 486 g/mol. The molecule has 2 heterocycles. The topological polar surface area (TPSA) is 74.8 Å². The number of carbonyl (C=O) groups is 4. The third kappa shape index (κ3) is 3.09. The average molecular weight is 487 g/mol. The molecule has 6 atom stereocenters. The van der Waals surface area contributed by atoms with Gasteiger partial charge < -0.3 is 0 Å². The normalized spacial score (nSPS) is 32.4. The number of hydrogen-bond donors (Lipinski definition) is 0. The highest BCUT2D eigenvalue weighted by Crippen LogP contribution is 2.43. The summed E-state index contributed by atoms with van der Waals surface area (Å²) in [5, 5.41) is 0.943. The average Bonchev–Trinajstić information content (AvgIpc) is 2.86. The SMILES string of the molecule is C[C@@H]1[C@H](C)CCC[C@H]1N1C(=O)c2ccc3c4c(ccc(c24)C1=O)C(=O)N([C@@H]1CCC[C@@H](C)[C@@H]1C)C3=O. The molecular weight excluding hydrogens is 452 g/mol. The first kappa shape index (κ1) is 23.4. The van der Waals surface area contributed by atoms with Crippen molar-refractivity contribution in [3.05, 3.63) is 46.5 Å². The first-order valence-electron chi connectivity index (χ1n) is 13.6. The van der Waals surface area contributed by atoms with Crippen molar-refractivity contribution in [3.63, 3.8) is 0 Å². The zero-order valence-electron chi connectivity index (χ0n) is 21.5. The van der Waals surface area contributed by atoms with Crippen LogP contribution in [0.1, 0.15) is 108 Å². The Labute approximate surface area is 212 Å². The molecule has 2 fully saturated rings. The van der Waals surface area contributed by atoms with Crippen molar-refractivity contribution >= 4 is 34.4 Å². The van der Waals surface area contributed by atoms with Gasteiger partial charge in [-0.05, 0) is 60.8 Å². The van der Waals surface area contributed by atoms with Crippen LogP contribution in [-0.2, 0) is 0 Å². The first-order valence-corrected chi connectivity index (χ1v) is 13.6. The fourth-order valence-electron chi connectivity index (χ4n) is 7.35. The maximum atomic E-state index is 13.8. The summed E-state index contributed by atoms with van der Waals surface area (Å²) in [5.41, 5.74) is 1.68. The fourth-order valence-corrected chi connectivity index (χ4v) is 7.35. The van der Waals surface area contributed by atoms with Gasteiger partial charge in [0.2, 0.25) is 0 Å². The Hall–Kier alpha value is -3.02. The van der Waals surface area contributed by atoms with Gasteiger partial charge in [0.1, 0.15) is 0 Å². The number of imide groups is 2. The van der Waals surface area contributed by atoms with Crippen LogP contribution < -0.4 is 0 Å². The molecular formula is C30H34N2O4. The molecule has 2 aliphatic heterocycles. The van der Waals surface area contributed by atoms with E-state index in [9.17, 15) is 19.2 Å². The predicted octanol–water partition coefficient (Wildman–Crippen LogP) is 5.68. The molecule has 0 spiro atoms. The van der Waals surface area contributed by atoms with Crippen LogP contribution in [0, 0.1) is 23.7 Å². The van der Waals surface area contributed by atoms with Gasteiger partial charge in [-0.2, -0.15) is 0 Å². The van der Waals surface area contributed by atoms with Crippen molar-refractivity contribution in [1.29, 1.82) is 0 Å². The van der Waals surface area contributed by atoms with Crippen molar-refractivity contribution < 1.29 is 19.2 Å². The van der Waals surface area contributed by atoms with Crippen molar-refractivity contribution in [2.75, 3.05) is 0 Å². The lowest BCUT2D eigenvalue weighted by Crippen LogP contribution is -2.53. The number of benzene rings is 2. The lowest BCUT2D eigenvalue weighted by Gasteiger charge is -2.43. The van der Waals surface area contributed by atoms with E-state index in [1.807, 2.05) is 0 Å². The Balaban J connectivity index is 1.47. The van der Waals surface area contributed by atoms with Gasteiger partial charge in [0.05, 0.1) is 0 Å². The van der Waals surface area contributed by atoms with Crippen molar-refractivity contribution in [2.45, 2.75) is 78.3 Å². The zero-order chi connectivity index (χ0) is 25.5. The predicted molar refractivity (Wildman–Crippen MR) is 137 cm³/mol. The molecule has 4 amide bonds. The lowest BCUT2D eigenvalue weighted by atomic mass is 9.75. The molecule has 2 saturated carbocycles. The molecule has 0 aromatic heterocycles. The van der Waals surface area contributed by atoms with E-state index >= 15 is 0 Å². The summed E-state index contributed by atoms with van der Waals surface area (Å²) in [6, 6.07) is 6.51. The van der Waals surface area contributed by atoms with Gasteiger partial charge in [-0.3, -0.25) is 29.0 Å². The molecule has 0 bridgehead atoms. The maximum Gasteiger partial charge on any atom is 0.261 e. The molecule has 0 unspecified atom stereocenters. The van der Waals surface area contributed by atoms with Crippen LogP contribution in [0.3, 0.4) is 0 Å². The molecule has 6 rings (SSSR count). The smallest absolute Gasteiger partial charge is 0.261 e. The Morgan fingerprint density at radius 2 is 0.833 bits per heavy atom. The molecule has 0 N–H and O–H groups in total. The second-order valence-corrected chi connectivity index (χ2v) is 11.7. The third-order valence-corrected chi connectivity index (χ3v) is 9.95. The van der Waals surface area contributed by atoms with Crippen LogP contribution in [0.4, 0.5) is 0 Å². The van der Waals surface area contributed by atoms with Crippen molar-refractivity contribution in [2.24, 2.45) is 23.7 Å². The highest BCUT2D eigenvalue weighted by atomic mass is 16.2. The summed E-state index contributed by atoms with van der Waals surface area (Å²) in [6.07, 6.45) is 5.80. The summed E-state index contributed by atoms with van der Waals surface area (Å²) in [7, 11) is 0. The zero-order valence-corrected chi connectivity index (χ0v) is 21.5. The second kappa shape index (κ2) is 8.25. The summed E-state index contributed by atoms with van der Waals surface area (Å²) in [5.74, 6) is 0.0895. The highest BCUT2D eigenvalue weighted by Gasteiger charge is 2.46. The molecule has 0 radical (unpaired) electrons. The summed E-state index contributed by atoms with van der Waals surface area (Å²) < 4.78 is 0. The minimum absolute atomic E-state index is 0.141. The molecule has 4 aliphatic rings. The standard InChI is InChI=1S/C30H34N2O4/c1-15-7-5-9-23(17(15)3)31-27(33)19-11-13-21-26-22(14-12-20(25(19)26)28(31)34)30(36)32(29(21)35)24-10-6-8-16(2)18(24)4/h11-18,23-24H,5-10H2,1-4H3/t15-,16-,17-,18+,23-,24-/m1/s1. The van der Waals surface area contributed by atoms with Crippen LogP contribution in [0.2, 0.25) is 0 Å². The molecule has 6 nitrogen and oxygen atoms in total. The van der Waals surface area contributed by atoms with E-state index in [1.54, 1.807) is 24.3 Å². The Bertz CT molecular complexity index is 1160. The van der Waals surface area contributed by atoms with Gasteiger partial charge in [0, 0.05) is 45.1 Å². The van der Waals surface area contributed by atoms with Crippen LogP contribution >= 0.6 is 0 Å². The van der Waals surface area contributed by atoms with E-state index in [2.05, 4.69) is 27.7 Å². The summed E-state index contributed by atoms with van der Waals surface area (Å²) >= 11 is 0. The minimum atomic E-state index is -0.306. The quantitative estimate of drug-likeness (QED) is 0.512. The van der Waals surface area contributed by atoms with Crippen LogP contribution in [0.25, 0.3) is 10.8 Å². The van der Waals surface area contributed by atoms with E-state index < -0.39 is 0 Å². The summed E-state index contributed by atoms with van der Waals surface area (Å²) in [4.78, 5) is 58.0. The number of hydrogen-bond acceptors (Lipinski definition) is 4. The van der Waals surface area contributed by atoms with Crippen LogP contribution in [0.5, 0.6) is 0 Å². The van der Waals surface area contributed by atoms with Gasteiger partial charge in [-0.15, -0.1) is 0 Å². The van der Waals surface area contributed by atoms with Crippen molar-refractivity contribution in [1.82, 2.24) is 9.80 Å². The number of rotatable bonds is 2. The first-order chi connectivity index (χ1) is 17.2. The molecule has 2 aliphatic carbocycles. The molecule has 6 heteroatoms. The number of carbonyl (C=O) groups excluding carboxylic acids is 4. The Kier molecular flexibility index (Phi) is 5.36. The second-order valence-electron chi connectivity index (χ2n) is 11.7. The Morgan fingerprint density at radius 3 is 1.14 bits per heavy atom. The van der Waals surface area contributed by atoms with E-state index in [1.165, 1.54) is 9.80 Å². The summed E-state index contributed by atoms with van der Waals surface area (Å²) in [6.45, 7) is 8.63. The Morgan fingerprint density at radius 1 is 0.528 bits per heavy atom. The van der Waals surface area contributed by atoms with Gasteiger partial charge in [0.25, 0.3) is 23.6 Å². The van der Waals surface area contributed by atoms with Gasteiger partial charge in [-0.25, -0.2) is 0 Å². The molecule has 2 aromatic carbocycles. The third-order valence-electron chi connectivity index (χ3n) is 9.95. The van der Waals surface area contributed by atoms with Crippen molar-refractivity contribution in [3.8, 4) is 0 Å². The van der Waals surface area contributed by atoms with Gasteiger partial charge in [0.15, 0.2) is 0 Å². The van der Waals surface area contributed by atoms with E-state index in [4.69, 9.17) is 0 Å². The molecule has 188 valence electrons. The van der Waals surface area contributed by atoms with E-state index in [-0.39, 0.29) is 47.5 Å². The lowest BCUT2D eigenvalue weighted by molar-refractivity contribution is 0.0365. The number of amides is 4. The fraction of sp³-hybridized carbons (Fsp3) is 0.533. The van der Waals surface area contributed by atoms with E-state index in [0.29, 0.717) is 44.9 Å². The number of nitrogens with zero attached hydrogens (tertiary/aromatic N) is 2. The largest absolute Gasteiger partial charge is 0.271 e.